The number of non-ortho nitro benzene ring substituents is 1. The van der Waals surface area contributed by atoms with Gasteiger partial charge in [0.1, 0.15) is 5.82 Å². The number of hydrogen-bond acceptors (Lipinski definition) is 8. The van der Waals surface area contributed by atoms with Crippen molar-refractivity contribution in [3.05, 3.63) is 100 Å². The molecule has 39 heavy (non-hydrogen) atoms. The third-order valence-electron chi connectivity index (χ3n) is 6.91. The minimum Gasteiger partial charge on any atom is -0.463 e. The fraction of sp³-hybridized carbons (Fsp3) is 0.321. The second kappa shape index (κ2) is 10.9. The number of rotatable bonds is 6. The third-order valence-corrected chi connectivity index (χ3v) is 7.89. The topological polar surface area (TPSA) is 107 Å². The molecule has 0 amide bonds. The molecule has 0 spiro atoms. The van der Waals surface area contributed by atoms with E-state index >= 15 is 0 Å². The highest BCUT2D eigenvalue weighted by atomic mass is 32.1. The van der Waals surface area contributed by atoms with E-state index in [0.717, 1.165) is 49.4 Å². The van der Waals surface area contributed by atoms with E-state index in [1.54, 1.807) is 26.0 Å². The molecule has 5 rings (SSSR count). The molecule has 9 nitrogen and oxygen atoms in total. The van der Waals surface area contributed by atoms with Crippen molar-refractivity contribution in [1.29, 1.82) is 0 Å². The van der Waals surface area contributed by atoms with Crippen molar-refractivity contribution < 1.29 is 18.8 Å². The summed E-state index contributed by atoms with van der Waals surface area (Å²) in [4.78, 5) is 45.1. The van der Waals surface area contributed by atoms with Crippen molar-refractivity contribution in [1.82, 2.24) is 4.57 Å². The summed E-state index contributed by atoms with van der Waals surface area (Å²) in [5.41, 5.74) is 2.05. The fourth-order valence-corrected chi connectivity index (χ4v) is 6.12. The molecule has 11 heteroatoms. The van der Waals surface area contributed by atoms with Crippen LogP contribution in [0.2, 0.25) is 0 Å². The molecular formula is C28H27FN4O5S. The summed E-state index contributed by atoms with van der Waals surface area (Å²) < 4.78 is 20.8. The highest BCUT2D eigenvalue weighted by Gasteiger charge is 2.33. The number of thiazole rings is 1. The highest BCUT2D eigenvalue weighted by molar-refractivity contribution is 7.07. The Morgan fingerprint density at radius 3 is 2.59 bits per heavy atom. The van der Waals surface area contributed by atoms with Gasteiger partial charge in [0, 0.05) is 36.5 Å². The number of hydrogen-bond donors (Lipinski definition) is 0. The van der Waals surface area contributed by atoms with Crippen molar-refractivity contribution in [3.8, 4) is 0 Å². The molecule has 1 aromatic heterocycles. The molecule has 1 saturated heterocycles. The van der Waals surface area contributed by atoms with Gasteiger partial charge in [-0.15, -0.1) is 0 Å². The first kappa shape index (κ1) is 26.5. The van der Waals surface area contributed by atoms with Crippen LogP contribution < -0.4 is 19.8 Å². The molecule has 1 atom stereocenters. The minimum atomic E-state index is -0.866. The van der Waals surface area contributed by atoms with Crippen molar-refractivity contribution in [2.75, 3.05) is 24.6 Å². The zero-order valence-electron chi connectivity index (χ0n) is 21.6. The summed E-state index contributed by atoms with van der Waals surface area (Å²) in [5.74, 6) is -1.05. The smallest absolute Gasteiger partial charge is 0.338 e. The first-order valence-corrected chi connectivity index (χ1v) is 13.6. The lowest BCUT2D eigenvalue weighted by Gasteiger charge is -2.30. The van der Waals surface area contributed by atoms with E-state index in [9.17, 15) is 24.1 Å². The number of carbonyl (C=O) groups excluding carboxylic acids is 1. The second-order valence-corrected chi connectivity index (χ2v) is 10.4. The van der Waals surface area contributed by atoms with Crippen LogP contribution in [0.3, 0.4) is 0 Å². The van der Waals surface area contributed by atoms with Crippen LogP contribution >= 0.6 is 11.3 Å². The zero-order valence-corrected chi connectivity index (χ0v) is 22.4. The quantitative estimate of drug-likeness (QED) is 0.262. The lowest BCUT2D eigenvalue weighted by Crippen LogP contribution is -2.40. The molecule has 0 bridgehead atoms. The average molecular weight is 551 g/mol. The Labute approximate surface area is 227 Å². The highest BCUT2D eigenvalue weighted by Crippen LogP contribution is 2.31. The predicted molar refractivity (Wildman–Crippen MR) is 146 cm³/mol. The zero-order chi connectivity index (χ0) is 27.7. The summed E-state index contributed by atoms with van der Waals surface area (Å²) in [5, 5.41) is 11.6. The minimum absolute atomic E-state index is 0.0700. The Balaban J connectivity index is 1.71. The van der Waals surface area contributed by atoms with Crippen LogP contribution in [0.15, 0.2) is 63.5 Å². The molecular weight excluding hydrogens is 523 g/mol. The van der Waals surface area contributed by atoms with Crippen molar-refractivity contribution in [2.24, 2.45) is 4.99 Å². The SMILES string of the molecule is CCOC(=O)C1=C(C)N=c2sc(=Cc3cc([N+](=O)[O-])ccc3N3CCCCC3)c(=O)n2C1c1ccc(F)cc1. The van der Waals surface area contributed by atoms with Crippen LogP contribution in [0.4, 0.5) is 15.8 Å². The van der Waals surface area contributed by atoms with Crippen LogP contribution in [-0.2, 0) is 9.53 Å². The van der Waals surface area contributed by atoms with Gasteiger partial charge in [-0.2, -0.15) is 0 Å². The second-order valence-electron chi connectivity index (χ2n) is 9.40. The Hall–Kier alpha value is -4.12. The third kappa shape index (κ3) is 5.14. The lowest BCUT2D eigenvalue weighted by atomic mass is 9.96. The average Bonchev–Trinajstić information content (AvgIpc) is 3.23. The number of esters is 1. The van der Waals surface area contributed by atoms with Crippen molar-refractivity contribution in [2.45, 2.75) is 39.2 Å². The molecule has 2 aromatic carbocycles. The van der Waals surface area contributed by atoms with Crippen LogP contribution in [-0.4, -0.2) is 35.2 Å². The Kier molecular flexibility index (Phi) is 7.42. The van der Waals surface area contributed by atoms with Crippen molar-refractivity contribution >= 4 is 34.8 Å². The number of aromatic nitrogens is 1. The molecule has 1 unspecified atom stereocenters. The number of ether oxygens (including phenoxy) is 1. The first-order valence-electron chi connectivity index (χ1n) is 12.8. The van der Waals surface area contributed by atoms with E-state index in [2.05, 4.69) is 9.89 Å². The van der Waals surface area contributed by atoms with Crippen LogP contribution in [0.5, 0.6) is 0 Å². The van der Waals surface area contributed by atoms with E-state index in [-0.39, 0.29) is 17.9 Å². The predicted octanol–water partition coefficient (Wildman–Crippen LogP) is 3.84. The van der Waals surface area contributed by atoms with Gasteiger partial charge in [-0.3, -0.25) is 19.5 Å². The van der Waals surface area contributed by atoms with Gasteiger partial charge in [0.15, 0.2) is 4.80 Å². The number of carbonyl (C=O) groups is 1. The molecule has 3 aromatic rings. The maximum absolute atomic E-state index is 13.9. The summed E-state index contributed by atoms with van der Waals surface area (Å²) >= 11 is 1.14. The molecule has 2 aliphatic rings. The van der Waals surface area contributed by atoms with E-state index in [1.807, 2.05) is 0 Å². The number of halogens is 1. The largest absolute Gasteiger partial charge is 0.463 e. The van der Waals surface area contributed by atoms with Gasteiger partial charge in [0.25, 0.3) is 11.2 Å². The van der Waals surface area contributed by atoms with Crippen LogP contribution in [0.25, 0.3) is 6.08 Å². The van der Waals surface area contributed by atoms with Gasteiger partial charge < -0.3 is 9.64 Å². The van der Waals surface area contributed by atoms with Gasteiger partial charge >= 0.3 is 5.97 Å². The number of allylic oxidation sites excluding steroid dienone is 1. The Bertz CT molecular complexity index is 1650. The molecule has 2 aliphatic heterocycles. The maximum atomic E-state index is 13.9. The standard InChI is InChI=1S/C28H27FN4O5S/c1-3-38-27(35)24-17(2)30-28-32(25(24)18-7-9-20(29)10-8-18)26(34)23(39-28)16-19-15-21(33(36)37)11-12-22(19)31-13-5-4-6-14-31/h7-12,15-16,25H,3-6,13-14H2,1-2H3. The lowest BCUT2D eigenvalue weighted by molar-refractivity contribution is -0.384. The normalized spacial score (nSPS) is 17.6. The summed E-state index contributed by atoms with van der Waals surface area (Å²) in [6.07, 6.45) is 4.83. The Morgan fingerprint density at radius 2 is 1.92 bits per heavy atom. The van der Waals surface area contributed by atoms with Crippen LogP contribution in [0, 0.1) is 15.9 Å². The molecule has 0 saturated carbocycles. The number of nitrogens with zero attached hydrogens (tertiary/aromatic N) is 4. The number of nitro benzene ring substituents is 1. The maximum Gasteiger partial charge on any atom is 0.338 e. The van der Waals surface area contributed by atoms with E-state index in [4.69, 9.17) is 4.74 Å². The fourth-order valence-electron chi connectivity index (χ4n) is 5.09. The van der Waals surface area contributed by atoms with Gasteiger partial charge in [-0.1, -0.05) is 23.5 Å². The van der Waals surface area contributed by atoms with E-state index in [0.29, 0.717) is 26.2 Å². The molecule has 202 valence electrons. The number of benzene rings is 2. The van der Waals surface area contributed by atoms with Gasteiger partial charge in [0.2, 0.25) is 0 Å². The van der Waals surface area contributed by atoms with Gasteiger partial charge in [0.05, 0.1) is 33.4 Å². The number of anilines is 1. The van der Waals surface area contributed by atoms with E-state index < -0.39 is 28.3 Å². The molecule has 3 heterocycles. The summed E-state index contributed by atoms with van der Waals surface area (Å²) in [6.45, 7) is 5.16. The summed E-state index contributed by atoms with van der Waals surface area (Å²) in [7, 11) is 0. The Morgan fingerprint density at radius 1 is 1.21 bits per heavy atom. The number of fused-ring (bicyclic) bond motifs is 1. The molecule has 0 radical (unpaired) electrons. The number of piperidine rings is 1. The molecule has 0 aliphatic carbocycles. The number of nitro groups is 1. The van der Waals surface area contributed by atoms with Gasteiger partial charge in [-0.05, 0) is 62.9 Å². The molecule has 1 fully saturated rings. The molecule has 0 N–H and O–H groups in total. The van der Waals surface area contributed by atoms with Gasteiger partial charge in [-0.25, -0.2) is 14.2 Å². The summed E-state index contributed by atoms with van der Waals surface area (Å²) in [6, 6.07) is 9.44. The van der Waals surface area contributed by atoms with Crippen LogP contribution in [0.1, 0.15) is 50.3 Å². The monoisotopic (exact) mass is 550 g/mol. The first-order chi connectivity index (χ1) is 18.8. The van der Waals surface area contributed by atoms with Crippen molar-refractivity contribution in [3.63, 3.8) is 0 Å². The van der Waals surface area contributed by atoms with E-state index in [1.165, 1.54) is 41.0 Å².